The third kappa shape index (κ3) is 4.35. The number of amides is 1. The van der Waals surface area contributed by atoms with Gasteiger partial charge in [0.2, 0.25) is 5.91 Å². The Morgan fingerprint density at radius 3 is 2.70 bits per heavy atom. The lowest BCUT2D eigenvalue weighted by Crippen LogP contribution is -2.27. The molecule has 0 atom stereocenters. The van der Waals surface area contributed by atoms with Crippen molar-refractivity contribution in [1.29, 1.82) is 5.26 Å². The molecule has 1 aliphatic rings. The molecule has 1 aromatic carbocycles. The molecule has 0 fully saturated rings. The molecule has 0 saturated carbocycles. The van der Waals surface area contributed by atoms with Crippen LogP contribution in [0, 0.1) is 16.7 Å². The van der Waals surface area contributed by atoms with Crippen LogP contribution in [0.4, 0.5) is 5.69 Å². The van der Waals surface area contributed by atoms with Gasteiger partial charge in [-0.05, 0) is 29.9 Å². The van der Waals surface area contributed by atoms with Crippen LogP contribution in [-0.2, 0) is 11.2 Å². The van der Waals surface area contributed by atoms with E-state index in [0.717, 1.165) is 36.3 Å². The van der Waals surface area contributed by atoms with E-state index in [9.17, 15) is 10.1 Å². The Balaban J connectivity index is 2.27. The van der Waals surface area contributed by atoms with E-state index < -0.39 is 0 Å². The normalized spacial score (nSPS) is 14.7. The number of nitriles is 1. The second-order valence-corrected chi connectivity index (χ2v) is 7.24. The number of para-hydroxylation sites is 1. The standard InChI is InChI=1S/C19H25N3O/c1-5-9-22-13-16(10-17(22)23)21-18-14(11-19(2,3)4)7-6-8-15(18)12-20/h6-8,10,21H,5,9,11,13H2,1-4H3. The molecule has 0 aromatic heterocycles. The van der Waals surface area contributed by atoms with Crippen molar-refractivity contribution >= 4 is 11.6 Å². The monoisotopic (exact) mass is 311 g/mol. The Kier molecular flexibility index (Phi) is 5.10. The minimum atomic E-state index is 0.0427. The minimum Gasteiger partial charge on any atom is -0.356 e. The summed E-state index contributed by atoms with van der Waals surface area (Å²) in [4.78, 5) is 13.8. The zero-order valence-electron chi connectivity index (χ0n) is 14.4. The second kappa shape index (κ2) is 6.87. The highest BCUT2D eigenvalue weighted by Crippen LogP contribution is 2.30. The second-order valence-electron chi connectivity index (χ2n) is 7.24. The van der Waals surface area contributed by atoms with Crippen LogP contribution in [0.3, 0.4) is 0 Å². The topological polar surface area (TPSA) is 56.1 Å². The Hall–Kier alpha value is -2.28. The zero-order chi connectivity index (χ0) is 17.0. The first-order valence-corrected chi connectivity index (χ1v) is 8.12. The molecule has 1 N–H and O–H groups in total. The number of nitrogens with zero attached hydrogens (tertiary/aromatic N) is 2. The number of hydrogen-bond donors (Lipinski definition) is 1. The molecule has 0 spiro atoms. The highest BCUT2D eigenvalue weighted by molar-refractivity contribution is 5.92. The van der Waals surface area contributed by atoms with Crippen LogP contribution in [0.5, 0.6) is 0 Å². The Bertz CT molecular complexity index is 662. The molecule has 4 nitrogen and oxygen atoms in total. The molecule has 23 heavy (non-hydrogen) atoms. The molecular formula is C19H25N3O. The summed E-state index contributed by atoms with van der Waals surface area (Å²) in [6.07, 6.45) is 3.45. The third-order valence-corrected chi connectivity index (χ3v) is 3.74. The largest absolute Gasteiger partial charge is 0.356 e. The highest BCUT2D eigenvalue weighted by Gasteiger charge is 2.23. The van der Waals surface area contributed by atoms with Gasteiger partial charge in [0.05, 0.1) is 17.8 Å². The summed E-state index contributed by atoms with van der Waals surface area (Å²) >= 11 is 0. The third-order valence-electron chi connectivity index (χ3n) is 3.74. The summed E-state index contributed by atoms with van der Waals surface area (Å²) in [5.41, 5.74) is 3.55. The molecule has 1 aromatic rings. The van der Waals surface area contributed by atoms with Crippen molar-refractivity contribution in [3.05, 3.63) is 41.1 Å². The SMILES string of the molecule is CCCN1CC(Nc2c(C#N)cccc2CC(C)(C)C)=CC1=O. The van der Waals surface area contributed by atoms with E-state index >= 15 is 0 Å². The number of rotatable bonds is 5. The van der Waals surface area contributed by atoms with Crippen LogP contribution >= 0.6 is 0 Å². The number of carbonyl (C=O) groups is 1. The van der Waals surface area contributed by atoms with Gasteiger partial charge in [-0.25, -0.2) is 0 Å². The summed E-state index contributed by atoms with van der Waals surface area (Å²) in [7, 11) is 0. The molecule has 1 amide bonds. The summed E-state index contributed by atoms with van der Waals surface area (Å²) in [5.74, 6) is 0.0427. The molecule has 1 aliphatic heterocycles. The van der Waals surface area contributed by atoms with Crippen molar-refractivity contribution < 1.29 is 4.79 Å². The van der Waals surface area contributed by atoms with Gasteiger partial charge < -0.3 is 10.2 Å². The number of anilines is 1. The average Bonchev–Trinajstić information content (AvgIpc) is 2.80. The molecule has 122 valence electrons. The van der Waals surface area contributed by atoms with Gasteiger partial charge in [-0.3, -0.25) is 4.79 Å². The average molecular weight is 311 g/mol. The van der Waals surface area contributed by atoms with E-state index in [2.05, 4.69) is 45.1 Å². The zero-order valence-corrected chi connectivity index (χ0v) is 14.4. The van der Waals surface area contributed by atoms with Crippen LogP contribution in [0.1, 0.15) is 45.2 Å². The maximum Gasteiger partial charge on any atom is 0.248 e. The predicted octanol–water partition coefficient (Wildman–Crippen LogP) is 3.69. The lowest BCUT2D eigenvalue weighted by Gasteiger charge is -2.22. The smallest absolute Gasteiger partial charge is 0.248 e. The maximum absolute atomic E-state index is 12.0. The molecule has 0 radical (unpaired) electrons. The fraction of sp³-hybridized carbons (Fsp3) is 0.474. The Morgan fingerprint density at radius 2 is 2.09 bits per heavy atom. The van der Waals surface area contributed by atoms with Crippen LogP contribution in [-0.4, -0.2) is 23.9 Å². The van der Waals surface area contributed by atoms with Gasteiger partial charge in [-0.2, -0.15) is 5.26 Å². The van der Waals surface area contributed by atoms with Crippen molar-refractivity contribution in [3.63, 3.8) is 0 Å². The van der Waals surface area contributed by atoms with Crippen molar-refractivity contribution in [1.82, 2.24) is 4.90 Å². The minimum absolute atomic E-state index is 0.0427. The number of carbonyl (C=O) groups excluding carboxylic acids is 1. The number of hydrogen-bond acceptors (Lipinski definition) is 3. The Labute approximate surface area is 138 Å². The highest BCUT2D eigenvalue weighted by atomic mass is 16.2. The number of benzene rings is 1. The van der Waals surface area contributed by atoms with Gasteiger partial charge in [0.25, 0.3) is 0 Å². The van der Waals surface area contributed by atoms with Crippen molar-refractivity contribution in [3.8, 4) is 6.07 Å². The quantitative estimate of drug-likeness (QED) is 0.902. The van der Waals surface area contributed by atoms with E-state index in [0.29, 0.717) is 12.1 Å². The van der Waals surface area contributed by atoms with Crippen LogP contribution in [0.15, 0.2) is 30.0 Å². The summed E-state index contributed by atoms with van der Waals surface area (Å²) < 4.78 is 0. The van der Waals surface area contributed by atoms with Gasteiger partial charge in [-0.15, -0.1) is 0 Å². The van der Waals surface area contributed by atoms with E-state index in [-0.39, 0.29) is 11.3 Å². The summed E-state index contributed by atoms with van der Waals surface area (Å²) in [5, 5.41) is 12.8. The van der Waals surface area contributed by atoms with Crippen LogP contribution < -0.4 is 5.32 Å². The van der Waals surface area contributed by atoms with Gasteiger partial charge >= 0.3 is 0 Å². The van der Waals surface area contributed by atoms with Crippen LogP contribution in [0.2, 0.25) is 0 Å². The molecule has 0 saturated heterocycles. The van der Waals surface area contributed by atoms with Crippen molar-refractivity contribution in [2.45, 2.75) is 40.5 Å². The van der Waals surface area contributed by atoms with Crippen LogP contribution in [0.25, 0.3) is 0 Å². The number of nitrogens with one attached hydrogen (secondary N) is 1. The molecule has 4 heteroatoms. The molecule has 0 aliphatic carbocycles. The first-order valence-electron chi connectivity index (χ1n) is 8.12. The van der Waals surface area contributed by atoms with Gasteiger partial charge in [-0.1, -0.05) is 39.8 Å². The predicted molar refractivity (Wildman–Crippen MR) is 92.9 cm³/mol. The molecule has 0 unspecified atom stereocenters. The first-order chi connectivity index (χ1) is 10.8. The van der Waals surface area contributed by atoms with E-state index in [1.165, 1.54) is 0 Å². The van der Waals surface area contributed by atoms with Crippen molar-refractivity contribution in [2.75, 3.05) is 18.4 Å². The molecule has 2 rings (SSSR count). The fourth-order valence-electron chi connectivity index (χ4n) is 2.82. The van der Waals surface area contributed by atoms with E-state index in [4.69, 9.17) is 0 Å². The molecule has 1 heterocycles. The first kappa shape index (κ1) is 17.1. The van der Waals surface area contributed by atoms with Crippen molar-refractivity contribution in [2.24, 2.45) is 5.41 Å². The summed E-state index contributed by atoms with van der Waals surface area (Å²) in [6, 6.07) is 8.04. The van der Waals surface area contributed by atoms with Gasteiger partial charge in [0, 0.05) is 18.3 Å². The lowest BCUT2D eigenvalue weighted by molar-refractivity contribution is -0.124. The van der Waals surface area contributed by atoms with E-state index in [1.807, 2.05) is 17.0 Å². The van der Waals surface area contributed by atoms with Gasteiger partial charge in [0.15, 0.2) is 0 Å². The Morgan fingerprint density at radius 1 is 1.35 bits per heavy atom. The van der Waals surface area contributed by atoms with Gasteiger partial charge in [0.1, 0.15) is 6.07 Å². The van der Waals surface area contributed by atoms with E-state index in [1.54, 1.807) is 6.08 Å². The molecule has 0 bridgehead atoms. The maximum atomic E-state index is 12.0. The molecular weight excluding hydrogens is 286 g/mol. The summed E-state index contributed by atoms with van der Waals surface area (Å²) in [6.45, 7) is 9.94. The fourth-order valence-corrected chi connectivity index (χ4v) is 2.82. The lowest BCUT2D eigenvalue weighted by atomic mass is 9.86.